The first-order valence-corrected chi connectivity index (χ1v) is 5.33. The maximum atomic E-state index is 10.8. The third kappa shape index (κ3) is 1.78. The average Bonchev–Trinajstić information content (AvgIpc) is 2.59. The molecule has 1 aromatic carbocycles. The molecular weight excluding hydrogens is 228 g/mol. The highest BCUT2D eigenvalue weighted by molar-refractivity contribution is 6.31. The number of rotatable bonds is 2. The van der Waals surface area contributed by atoms with Gasteiger partial charge in [-0.2, -0.15) is 0 Å². The SMILES string of the molecule is CC(C)c1cc(Cl)cc2cc(C(=O)O)oc12. The van der Waals surface area contributed by atoms with Gasteiger partial charge in [0.1, 0.15) is 5.58 Å². The summed E-state index contributed by atoms with van der Waals surface area (Å²) in [6.07, 6.45) is 0. The van der Waals surface area contributed by atoms with Crippen LogP contribution in [0.3, 0.4) is 0 Å². The van der Waals surface area contributed by atoms with Crippen molar-refractivity contribution in [3.05, 3.63) is 34.5 Å². The van der Waals surface area contributed by atoms with Gasteiger partial charge in [-0.1, -0.05) is 25.4 Å². The number of halogens is 1. The molecule has 1 heterocycles. The van der Waals surface area contributed by atoms with Crippen molar-refractivity contribution in [3.8, 4) is 0 Å². The normalized spacial score (nSPS) is 11.2. The maximum Gasteiger partial charge on any atom is 0.371 e. The Bertz CT molecular complexity index is 555. The molecule has 0 bridgehead atoms. The van der Waals surface area contributed by atoms with Crippen LogP contribution in [0.25, 0.3) is 11.0 Å². The van der Waals surface area contributed by atoms with Gasteiger partial charge in [0.25, 0.3) is 0 Å². The van der Waals surface area contributed by atoms with Crippen molar-refractivity contribution < 1.29 is 14.3 Å². The summed E-state index contributed by atoms with van der Waals surface area (Å²) in [5, 5.41) is 10.2. The molecular formula is C12H11ClO3. The Hall–Kier alpha value is -1.48. The lowest BCUT2D eigenvalue weighted by atomic mass is 10.0. The van der Waals surface area contributed by atoms with E-state index in [0.717, 1.165) is 10.9 Å². The van der Waals surface area contributed by atoms with E-state index in [2.05, 4.69) is 0 Å². The summed E-state index contributed by atoms with van der Waals surface area (Å²) in [4.78, 5) is 10.8. The second-order valence-electron chi connectivity index (χ2n) is 3.98. The predicted octanol–water partition coefficient (Wildman–Crippen LogP) is 3.91. The molecule has 2 rings (SSSR count). The van der Waals surface area contributed by atoms with E-state index in [4.69, 9.17) is 21.1 Å². The first-order valence-electron chi connectivity index (χ1n) is 4.95. The van der Waals surface area contributed by atoms with Gasteiger partial charge in [-0.15, -0.1) is 0 Å². The molecule has 0 aliphatic rings. The van der Waals surface area contributed by atoms with Crippen molar-refractivity contribution in [1.29, 1.82) is 0 Å². The summed E-state index contributed by atoms with van der Waals surface area (Å²) in [5.41, 5.74) is 1.53. The molecule has 0 saturated carbocycles. The zero-order chi connectivity index (χ0) is 11.9. The largest absolute Gasteiger partial charge is 0.475 e. The number of carbonyl (C=O) groups is 1. The van der Waals surface area contributed by atoms with E-state index in [1.165, 1.54) is 6.07 Å². The standard InChI is InChI=1S/C12H11ClO3/c1-6(2)9-5-8(13)3-7-4-10(12(14)15)16-11(7)9/h3-6H,1-2H3,(H,14,15). The van der Waals surface area contributed by atoms with Crippen LogP contribution < -0.4 is 0 Å². The van der Waals surface area contributed by atoms with E-state index in [1.807, 2.05) is 19.9 Å². The molecule has 0 unspecified atom stereocenters. The van der Waals surface area contributed by atoms with Crippen molar-refractivity contribution in [2.45, 2.75) is 19.8 Å². The lowest BCUT2D eigenvalue weighted by Gasteiger charge is -2.06. The van der Waals surface area contributed by atoms with Crippen LogP contribution in [0.5, 0.6) is 0 Å². The van der Waals surface area contributed by atoms with E-state index >= 15 is 0 Å². The van der Waals surface area contributed by atoms with Gasteiger partial charge < -0.3 is 9.52 Å². The number of carboxylic acid groups (broad SMARTS) is 1. The second-order valence-corrected chi connectivity index (χ2v) is 4.42. The van der Waals surface area contributed by atoms with E-state index < -0.39 is 5.97 Å². The Kier molecular flexibility index (Phi) is 2.64. The molecule has 16 heavy (non-hydrogen) atoms. The summed E-state index contributed by atoms with van der Waals surface area (Å²) < 4.78 is 5.32. The summed E-state index contributed by atoms with van der Waals surface area (Å²) in [7, 11) is 0. The number of fused-ring (bicyclic) bond motifs is 1. The number of aromatic carboxylic acids is 1. The minimum Gasteiger partial charge on any atom is -0.475 e. The minimum absolute atomic E-state index is 0.0563. The minimum atomic E-state index is -1.07. The first-order chi connectivity index (χ1) is 7.49. The molecule has 4 heteroatoms. The molecule has 0 fully saturated rings. The lowest BCUT2D eigenvalue weighted by Crippen LogP contribution is -1.91. The Morgan fingerprint density at radius 2 is 2.06 bits per heavy atom. The van der Waals surface area contributed by atoms with Gasteiger partial charge in [-0.05, 0) is 29.7 Å². The molecule has 0 aliphatic heterocycles. The summed E-state index contributed by atoms with van der Waals surface area (Å²) in [6, 6.07) is 5.01. The average molecular weight is 239 g/mol. The van der Waals surface area contributed by atoms with Crippen LogP contribution in [0.15, 0.2) is 22.6 Å². The van der Waals surface area contributed by atoms with Gasteiger partial charge in [0.15, 0.2) is 0 Å². The Morgan fingerprint density at radius 1 is 1.38 bits per heavy atom. The molecule has 1 aromatic heterocycles. The van der Waals surface area contributed by atoms with Crippen molar-refractivity contribution in [1.82, 2.24) is 0 Å². The predicted molar refractivity (Wildman–Crippen MR) is 62.3 cm³/mol. The Morgan fingerprint density at radius 3 is 2.62 bits per heavy atom. The number of benzene rings is 1. The molecule has 0 atom stereocenters. The van der Waals surface area contributed by atoms with Crippen molar-refractivity contribution in [3.63, 3.8) is 0 Å². The Balaban J connectivity index is 2.75. The van der Waals surface area contributed by atoms with Crippen LogP contribution >= 0.6 is 11.6 Å². The molecule has 0 spiro atoms. The van der Waals surface area contributed by atoms with Crippen LogP contribution in [0.2, 0.25) is 5.02 Å². The number of hydrogen-bond donors (Lipinski definition) is 1. The molecule has 0 amide bonds. The monoisotopic (exact) mass is 238 g/mol. The lowest BCUT2D eigenvalue weighted by molar-refractivity contribution is 0.0665. The highest BCUT2D eigenvalue weighted by atomic mass is 35.5. The van der Waals surface area contributed by atoms with Gasteiger partial charge in [-0.25, -0.2) is 4.79 Å². The Labute approximate surface area is 97.6 Å². The van der Waals surface area contributed by atoms with Crippen molar-refractivity contribution >= 4 is 28.5 Å². The van der Waals surface area contributed by atoms with Gasteiger partial charge >= 0.3 is 5.97 Å². The number of furan rings is 1. The van der Waals surface area contributed by atoms with Gasteiger partial charge in [0, 0.05) is 10.4 Å². The third-order valence-electron chi connectivity index (χ3n) is 2.44. The number of carboxylic acids is 1. The fraction of sp³-hybridized carbons (Fsp3) is 0.250. The van der Waals surface area contributed by atoms with E-state index in [0.29, 0.717) is 10.6 Å². The summed E-state index contributed by atoms with van der Waals surface area (Å²) in [6.45, 7) is 4.02. The highest BCUT2D eigenvalue weighted by Gasteiger charge is 2.15. The smallest absolute Gasteiger partial charge is 0.371 e. The quantitative estimate of drug-likeness (QED) is 0.863. The first kappa shape index (κ1) is 11.0. The van der Waals surface area contributed by atoms with E-state index in [1.54, 1.807) is 6.07 Å². The van der Waals surface area contributed by atoms with Crippen molar-refractivity contribution in [2.75, 3.05) is 0 Å². The van der Waals surface area contributed by atoms with E-state index in [-0.39, 0.29) is 11.7 Å². The molecule has 0 aliphatic carbocycles. The maximum absolute atomic E-state index is 10.8. The molecule has 84 valence electrons. The molecule has 1 N–H and O–H groups in total. The van der Waals surface area contributed by atoms with Crippen LogP contribution in [0.4, 0.5) is 0 Å². The van der Waals surface area contributed by atoms with Crippen LogP contribution in [-0.2, 0) is 0 Å². The zero-order valence-corrected chi connectivity index (χ0v) is 9.71. The number of hydrogen-bond acceptors (Lipinski definition) is 2. The summed E-state index contributed by atoms with van der Waals surface area (Å²) >= 11 is 5.97. The topological polar surface area (TPSA) is 50.4 Å². The fourth-order valence-electron chi connectivity index (χ4n) is 1.68. The zero-order valence-electron chi connectivity index (χ0n) is 8.95. The van der Waals surface area contributed by atoms with Gasteiger partial charge in [0.2, 0.25) is 5.76 Å². The third-order valence-corrected chi connectivity index (χ3v) is 2.66. The van der Waals surface area contributed by atoms with Crippen LogP contribution in [0, 0.1) is 0 Å². The summed E-state index contributed by atoms with van der Waals surface area (Å²) in [5.74, 6) is -0.893. The van der Waals surface area contributed by atoms with Crippen LogP contribution in [-0.4, -0.2) is 11.1 Å². The van der Waals surface area contributed by atoms with Gasteiger partial charge in [0.05, 0.1) is 0 Å². The molecule has 0 saturated heterocycles. The molecule has 3 nitrogen and oxygen atoms in total. The van der Waals surface area contributed by atoms with Crippen molar-refractivity contribution in [2.24, 2.45) is 0 Å². The highest BCUT2D eigenvalue weighted by Crippen LogP contribution is 2.31. The second kappa shape index (κ2) is 3.83. The van der Waals surface area contributed by atoms with Gasteiger partial charge in [-0.3, -0.25) is 0 Å². The van der Waals surface area contributed by atoms with Crippen LogP contribution in [0.1, 0.15) is 35.9 Å². The molecule has 2 aromatic rings. The fourth-order valence-corrected chi connectivity index (χ4v) is 1.91. The molecule has 0 radical (unpaired) electrons. The van der Waals surface area contributed by atoms with E-state index in [9.17, 15) is 4.79 Å².